The van der Waals surface area contributed by atoms with Crippen LogP contribution < -0.4 is 19.9 Å². The summed E-state index contributed by atoms with van der Waals surface area (Å²) < 4.78 is 5.73. The number of ketones is 1. The van der Waals surface area contributed by atoms with Crippen molar-refractivity contribution in [3.05, 3.63) is 65.9 Å². The summed E-state index contributed by atoms with van der Waals surface area (Å²) in [4.78, 5) is 32.8. The topological polar surface area (TPSA) is 74.8 Å². The predicted molar refractivity (Wildman–Crippen MR) is 122 cm³/mol. The molecule has 3 aromatic rings. The number of Topliss-reactive ketones (excluding diaryl/α,β-unsaturated/α-hetero) is 1. The third-order valence-corrected chi connectivity index (χ3v) is 5.34. The third kappa shape index (κ3) is 3.70. The highest BCUT2D eigenvalue weighted by Gasteiger charge is 2.27. The maximum Gasteiger partial charge on any atom is 0.260 e. The molecule has 0 radical (unpaired) electrons. The number of carbonyl (C=O) groups is 2. The zero-order chi connectivity index (χ0) is 22.1. The van der Waals surface area contributed by atoms with E-state index in [1.807, 2.05) is 55.3 Å². The first-order valence-corrected chi connectivity index (χ1v) is 10.1. The van der Waals surface area contributed by atoms with Gasteiger partial charge in [-0.25, -0.2) is 4.98 Å². The molecule has 1 aliphatic rings. The van der Waals surface area contributed by atoms with E-state index < -0.39 is 0 Å². The minimum atomic E-state index is -0.0813. The Kier molecular flexibility index (Phi) is 5.33. The molecule has 1 aliphatic heterocycles. The lowest BCUT2D eigenvalue weighted by Gasteiger charge is -2.23. The highest BCUT2D eigenvalue weighted by Crippen LogP contribution is 2.40. The second-order valence-electron chi connectivity index (χ2n) is 7.32. The standard InChI is InChI=1S/C24H24N4O3/c1-5-31-22-12-16(15(2)29)10-11-18(22)26-23-13-20-21(14-25-23)28(4)24(30)17-8-6-7-9-19(17)27(20)3/h6-14H,5H2,1-4H3,(H,25,26). The number of amides is 1. The van der Waals surface area contributed by atoms with Gasteiger partial charge in [0.15, 0.2) is 5.78 Å². The van der Waals surface area contributed by atoms with Gasteiger partial charge in [0.05, 0.1) is 41.1 Å². The first-order chi connectivity index (χ1) is 14.9. The van der Waals surface area contributed by atoms with Crippen LogP contribution >= 0.6 is 0 Å². The number of aromatic nitrogens is 1. The highest BCUT2D eigenvalue weighted by molar-refractivity contribution is 6.13. The van der Waals surface area contributed by atoms with Crippen molar-refractivity contribution in [2.45, 2.75) is 13.8 Å². The van der Waals surface area contributed by atoms with Crippen LogP contribution in [0.15, 0.2) is 54.7 Å². The molecule has 0 bridgehead atoms. The first kappa shape index (κ1) is 20.4. The average molecular weight is 416 g/mol. The van der Waals surface area contributed by atoms with Crippen LogP contribution in [0, 0.1) is 0 Å². The van der Waals surface area contributed by atoms with Crippen LogP contribution in [-0.4, -0.2) is 37.4 Å². The molecule has 0 saturated heterocycles. The molecule has 0 atom stereocenters. The highest BCUT2D eigenvalue weighted by atomic mass is 16.5. The lowest BCUT2D eigenvalue weighted by Crippen LogP contribution is -2.25. The van der Waals surface area contributed by atoms with E-state index in [9.17, 15) is 9.59 Å². The van der Waals surface area contributed by atoms with Crippen molar-refractivity contribution in [3.8, 4) is 5.75 Å². The summed E-state index contributed by atoms with van der Waals surface area (Å²) in [5.41, 5.74) is 4.32. The van der Waals surface area contributed by atoms with Crippen LogP contribution in [0.1, 0.15) is 34.6 Å². The molecule has 1 N–H and O–H groups in total. The predicted octanol–water partition coefficient (Wildman–Crippen LogP) is 4.78. The Bertz CT molecular complexity index is 1180. The first-order valence-electron chi connectivity index (χ1n) is 10.1. The minimum Gasteiger partial charge on any atom is -0.492 e. The van der Waals surface area contributed by atoms with Gasteiger partial charge in [0.25, 0.3) is 5.91 Å². The molecule has 2 heterocycles. The minimum absolute atomic E-state index is 0.0244. The van der Waals surface area contributed by atoms with E-state index in [2.05, 4.69) is 10.3 Å². The summed E-state index contributed by atoms with van der Waals surface area (Å²) in [6.07, 6.45) is 1.68. The Morgan fingerprint density at radius 1 is 1.03 bits per heavy atom. The van der Waals surface area contributed by atoms with Crippen molar-refractivity contribution in [1.82, 2.24) is 4.98 Å². The van der Waals surface area contributed by atoms with Crippen LogP contribution in [0.3, 0.4) is 0 Å². The molecule has 0 fully saturated rings. The fraction of sp³-hybridized carbons (Fsp3) is 0.208. The van der Waals surface area contributed by atoms with Crippen molar-refractivity contribution in [1.29, 1.82) is 0 Å². The molecule has 1 aromatic heterocycles. The van der Waals surface area contributed by atoms with Gasteiger partial charge < -0.3 is 19.9 Å². The van der Waals surface area contributed by atoms with E-state index in [-0.39, 0.29) is 11.7 Å². The maximum atomic E-state index is 12.9. The Hall–Kier alpha value is -3.87. The third-order valence-electron chi connectivity index (χ3n) is 5.34. The van der Waals surface area contributed by atoms with Crippen molar-refractivity contribution in [2.24, 2.45) is 0 Å². The van der Waals surface area contributed by atoms with E-state index in [1.165, 1.54) is 6.92 Å². The molecule has 0 saturated carbocycles. The number of carbonyl (C=O) groups excluding carboxylic acids is 2. The smallest absolute Gasteiger partial charge is 0.260 e. The quantitative estimate of drug-likeness (QED) is 0.603. The van der Waals surface area contributed by atoms with Gasteiger partial charge in [-0.3, -0.25) is 9.59 Å². The van der Waals surface area contributed by atoms with E-state index in [4.69, 9.17) is 4.74 Å². The molecular formula is C24H24N4O3. The fourth-order valence-corrected chi connectivity index (χ4v) is 3.66. The summed E-state index contributed by atoms with van der Waals surface area (Å²) in [7, 11) is 3.68. The van der Waals surface area contributed by atoms with Crippen LogP contribution in [0.25, 0.3) is 0 Å². The van der Waals surface area contributed by atoms with E-state index >= 15 is 0 Å². The summed E-state index contributed by atoms with van der Waals surface area (Å²) >= 11 is 0. The van der Waals surface area contributed by atoms with Gasteiger partial charge in [0.2, 0.25) is 0 Å². The number of hydrogen-bond donors (Lipinski definition) is 1. The van der Waals surface area contributed by atoms with E-state index in [1.54, 1.807) is 30.3 Å². The molecule has 0 unspecified atom stereocenters. The van der Waals surface area contributed by atoms with Gasteiger partial charge in [0, 0.05) is 25.7 Å². The van der Waals surface area contributed by atoms with E-state index in [0.717, 1.165) is 11.4 Å². The Morgan fingerprint density at radius 2 is 1.81 bits per heavy atom. The van der Waals surface area contributed by atoms with Crippen LogP contribution in [0.4, 0.5) is 28.6 Å². The monoisotopic (exact) mass is 416 g/mol. The van der Waals surface area contributed by atoms with Crippen molar-refractivity contribution in [2.75, 3.05) is 35.8 Å². The van der Waals surface area contributed by atoms with Gasteiger partial charge in [-0.15, -0.1) is 0 Å². The molecule has 7 nitrogen and oxygen atoms in total. The number of hydrogen-bond acceptors (Lipinski definition) is 6. The molecule has 7 heteroatoms. The molecule has 2 aromatic carbocycles. The number of anilines is 5. The number of rotatable bonds is 5. The number of pyridine rings is 1. The Labute approximate surface area is 181 Å². The van der Waals surface area contributed by atoms with Gasteiger partial charge in [-0.2, -0.15) is 0 Å². The maximum absolute atomic E-state index is 12.9. The number of nitrogens with one attached hydrogen (secondary N) is 1. The molecule has 1 amide bonds. The Morgan fingerprint density at radius 3 is 2.55 bits per heavy atom. The molecule has 31 heavy (non-hydrogen) atoms. The SMILES string of the molecule is CCOc1cc(C(C)=O)ccc1Nc1cc2c(cn1)N(C)C(=O)c1ccccc1N2C. The lowest BCUT2D eigenvalue weighted by molar-refractivity contribution is 0.0991. The summed E-state index contributed by atoms with van der Waals surface area (Å²) in [6, 6.07) is 14.7. The summed E-state index contributed by atoms with van der Waals surface area (Å²) in [5.74, 6) is 1.08. The van der Waals surface area contributed by atoms with E-state index in [0.29, 0.717) is 40.7 Å². The largest absolute Gasteiger partial charge is 0.492 e. The number of para-hydroxylation sites is 1. The molecule has 0 spiro atoms. The van der Waals surface area contributed by atoms with Gasteiger partial charge in [0.1, 0.15) is 11.6 Å². The molecule has 0 aliphatic carbocycles. The molecular weight excluding hydrogens is 392 g/mol. The zero-order valence-corrected chi connectivity index (χ0v) is 18.0. The van der Waals surface area contributed by atoms with Crippen LogP contribution in [0.5, 0.6) is 5.75 Å². The number of fused-ring (bicyclic) bond motifs is 2. The zero-order valence-electron chi connectivity index (χ0n) is 18.0. The van der Waals surface area contributed by atoms with Crippen LogP contribution in [-0.2, 0) is 0 Å². The summed E-state index contributed by atoms with van der Waals surface area (Å²) in [6.45, 7) is 3.89. The molecule has 4 rings (SSSR count). The van der Waals surface area contributed by atoms with Gasteiger partial charge >= 0.3 is 0 Å². The second-order valence-corrected chi connectivity index (χ2v) is 7.32. The van der Waals surface area contributed by atoms with Crippen molar-refractivity contribution < 1.29 is 14.3 Å². The normalized spacial score (nSPS) is 12.7. The number of ether oxygens (including phenoxy) is 1. The van der Waals surface area contributed by atoms with Crippen molar-refractivity contribution >= 4 is 40.3 Å². The van der Waals surface area contributed by atoms with Gasteiger partial charge in [-0.05, 0) is 44.2 Å². The second kappa shape index (κ2) is 8.10. The average Bonchev–Trinajstić information content (AvgIpc) is 2.85. The lowest BCUT2D eigenvalue weighted by atomic mass is 10.1. The fourth-order valence-electron chi connectivity index (χ4n) is 3.66. The number of benzene rings is 2. The van der Waals surface area contributed by atoms with Gasteiger partial charge in [-0.1, -0.05) is 12.1 Å². The Balaban J connectivity index is 1.75. The molecule has 158 valence electrons. The van der Waals surface area contributed by atoms with Crippen molar-refractivity contribution in [3.63, 3.8) is 0 Å². The summed E-state index contributed by atoms with van der Waals surface area (Å²) in [5, 5.41) is 3.29. The van der Waals surface area contributed by atoms with Crippen LogP contribution in [0.2, 0.25) is 0 Å². The number of nitrogens with zero attached hydrogens (tertiary/aromatic N) is 3.